The largest absolute Gasteiger partial charge is 0.396 e. The molecule has 0 bridgehead atoms. The standard InChI is InChI=1S/C16H21NO3S/c1-2-17(21(19,20)13-6-5-12-18)16-11-7-9-14-8-3-4-10-15(14)16/h3-4,7-11,18H,2,5-6,12-13H2,1H3. The first-order valence-corrected chi connectivity index (χ1v) is 8.80. The Kier molecular flexibility index (Phi) is 5.20. The third kappa shape index (κ3) is 3.54. The van der Waals surface area contributed by atoms with Gasteiger partial charge in [-0.15, -0.1) is 0 Å². The minimum Gasteiger partial charge on any atom is -0.396 e. The normalized spacial score (nSPS) is 11.7. The molecule has 0 aliphatic rings. The van der Waals surface area contributed by atoms with Gasteiger partial charge in [0.1, 0.15) is 0 Å². The molecule has 0 atom stereocenters. The fourth-order valence-corrected chi connectivity index (χ4v) is 4.09. The van der Waals surface area contributed by atoms with E-state index in [1.165, 1.54) is 4.31 Å². The summed E-state index contributed by atoms with van der Waals surface area (Å²) in [6.07, 6.45) is 0.979. The molecule has 0 aliphatic heterocycles. The lowest BCUT2D eigenvalue weighted by Gasteiger charge is -2.24. The van der Waals surface area contributed by atoms with Gasteiger partial charge in [0.05, 0.1) is 11.4 Å². The first-order chi connectivity index (χ1) is 10.1. The van der Waals surface area contributed by atoms with E-state index in [2.05, 4.69) is 0 Å². The van der Waals surface area contributed by atoms with Crippen LogP contribution >= 0.6 is 0 Å². The molecule has 0 amide bonds. The summed E-state index contributed by atoms with van der Waals surface area (Å²) < 4.78 is 26.5. The summed E-state index contributed by atoms with van der Waals surface area (Å²) in [5.74, 6) is 0.0601. The molecule has 2 rings (SSSR count). The summed E-state index contributed by atoms with van der Waals surface area (Å²) in [4.78, 5) is 0. The van der Waals surface area contributed by atoms with Crippen molar-refractivity contribution in [3.05, 3.63) is 42.5 Å². The minimum absolute atomic E-state index is 0.0237. The maximum absolute atomic E-state index is 12.5. The second-order valence-corrected chi connectivity index (χ2v) is 6.92. The quantitative estimate of drug-likeness (QED) is 0.800. The number of hydrogen-bond donors (Lipinski definition) is 1. The van der Waals surface area contributed by atoms with Gasteiger partial charge >= 0.3 is 0 Å². The van der Waals surface area contributed by atoms with Crippen LogP contribution in [0.5, 0.6) is 0 Å². The van der Waals surface area contributed by atoms with Crippen molar-refractivity contribution in [1.29, 1.82) is 0 Å². The van der Waals surface area contributed by atoms with E-state index in [0.717, 1.165) is 16.5 Å². The monoisotopic (exact) mass is 307 g/mol. The van der Waals surface area contributed by atoms with E-state index in [1.807, 2.05) is 49.4 Å². The Morgan fingerprint density at radius 1 is 1.05 bits per heavy atom. The first kappa shape index (κ1) is 15.8. The van der Waals surface area contributed by atoms with Gasteiger partial charge in [0.2, 0.25) is 10.0 Å². The van der Waals surface area contributed by atoms with Crippen LogP contribution in [0.2, 0.25) is 0 Å². The lowest BCUT2D eigenvalue weighted by atomic mass is 10.1. The van der Waals surface area contributed by atoms with E-state index in [4.69, 9.17) is 5.11 Å². The summed E-state index contributed by atoms with van der Waals surface area (Å²) in [6, 6.07) is 13.5. The van der Waals surface area contributed by atoms with Gasteiger partial charge < -0.3 is 5.11 Å². The van der Waals surface area contributed by atoms with Crippen molar-refractivity contribution >= 4 is 26.5 Å². The van der Waals surface area contributed by atoms with Crippen molar-refractivity contribution in [3.8, 4) is 0 Å². The molecule has 2 aromatic rings. The fourth-order valence-electron chi connectivity index (χ4n) is 2.45. The smallest absolute Gasteiger partial charge is 0.235 e. The molecule has 0 radical (unpaired) electrons. The van der Waals surface area contributed by atoms with E-state index in [0.29, 0.717) is 19.4 Å². The average molecular weight is 307 g/mol. The molecule has 0 fully saturated rings. The van der Waals surface area contributed by atoms with Crippen LogP contribution in [0.15, 0.2) is 42.5 Å². The molecule has 0 aliphatic carbocycles. The Hall–Kier alpha value is -1.59. The third-order valence-corrected chi connectivity index (χ3v) is 5.40. The lowest BCUT2D eigenvalue weighted by molar-refractivity contribution is 0.287. The highest BCUT2D eigenvalue weighted by Crippen LogP contribution is 2.28. The van der Waals surface area contributed by atoms with E-state index >= 15 is 0 Å². The van der Waals surface area contributed by atoms with Gasteiger partial charge in [-0.05, 0) is 31.2 Å². The molecule has 0 unspecified atom stereocenters. The molecular weight excluding hydrogens is 286 g/mol. The Morgan fingerprint density at radius 2 is 1.76 bits per heavy atom. The topological polar surface area (TPSA) is 57.6 Å². The second kappa shape index (κ2) is 6.91. The number of sulfonamides is 1. The van der Waals surface area contributed by atoms with Gasteiger partial charge in [0, 0.05) is 18.5 Å². The molecule has 0 saturated carbocycles. The molecule has 0 heterocycles. The van der Waals surface area contributed by atoms with Crippen molar-refractivity contribution in [2.75, 3.05) is 23.2 Å². The average Bonchev–Trinajstić information content (AvgIpc) is 2.48. The third-order valence-electron chi connectivity index (χ3n) is 3.47. The number of nitrogens with zero attached hydrogens (tertiary/aromatic N) is 1. The van der Waals surface area contributed by atoms with Crippen LogP contribution in [-0.2, 0) is 10.0 Å². The number of anilines is 1. The molecule has 114 valence electrons. The Balaban J connectivity index is 2.40. The van der Waals surface area contributed by atoms with Crippen LogP contribution in [0.25, 0.3) is 10.8 Å². The lowest BCUT2D eigenvalue weighted by Crippen LogP contribution is -2.33. The van der Waals surface area contributed by atoms with Crippen LogP contribution in [-0.4, -0.2) is 32.4 Å². The summed E-state index contributed by atoms with van der Waals surface area (Å²) in [6.45, 7) is 2.26. The van der Waals surface area contributed by atoms with Crippen LogP contribution < -0.4 is 4.31 Å². The molecule has 0 saturated heterocycles. The number of hydrogen-bond acceptors (Lipinski definition) is 3. The summed E-state index contributed by atoms with van der Waals surface area (Å²) in [5, 5.41) is 10.8. The molecule has 4 nitrogen and oxygen atoms in total. The van der Waals surface area contributed by atoms with Gasteiger partial charge in [0.25, 0.3) is 0 Å². The number of aliphatic hydroxyl groups is 1. The van der Waals surface area contributed by atoms with E-state index < -0.39 is 10.0 Å². The number of aliphatic hydroxyl groups excluding tert-OH is 1. The van der Waals surface area contributed by atoms with E-state index in [9.17, 15) is 8.42 Å². The van der Waals surface area contributed by atoms with Gasteiger partial charge in [-0.3, -0.25) is 4.31 Å². The fraction of sp³-hybridized carbons (Fsp3) is 0.375. The maximum Gasteiger partial charge on any atom is 0.235 e. The van der Waals surface area contributed by atoms with Gasteiger partial charge in [-0.1, -0.05) is 36.4 Å². The number of fused-ring (bicyclic) bond motifs is 1. The van der Waals surface area contributed by atoms with Crippen molar-refractivity contribution in [2.24, 2.45) is 0 Å². The van der Waals surface area contributed by atoms with E-state index in [-0.39, 0.29) is 12.4 Å². The highest BCUT2D eigenvalue weighted by molar-refractivity contribution is 7.92. The minimum atomic E-state index is -3.37. The number of rotatable bonds is 7. The van der Waals surface area contributed by atoms with Crippen molar-refractivity contribution < 1.29 is 13.5 Å². The molecule has 1 N–H and O–H groups in total. The predicted octanol–water partition coefficient (Wildman–Crippen LogP) is 2.77. The second-order valence-electron chi connectivity index (χ2n) is 4.91. The van der Waals surface area contributed by atoms with Gasteiger partial charge in [-0.2, -0.15) is 0 Å². The van der Waals surface area contributed by atoms with Gasteiger partial charge in [0.15, 0.2) is 0 Å². The molecule has 0 aromatic heterocycles. The maximum atomic E-state index is 12.5. The summed E-state index contributed by atoms with van der Waals surface area (Å²) in [5.41, 5.74) is 0.722. The molecule has 0 spiro atoms. The van der Waals surface area contributed by atoms with Crippen LogP contribution in [0.4, 0.5) is 5.69 Å². The SMILES string of the molecule is CCN(c1cccc2ccccc12)S(=O)(=O)CCCCO. The van der Waals surface area contributed by atoms with Crippen LogP contribution in [0.3, 0.4) is 0 Å². The van der Waals surface area contributed by atoms with Crippen LogP contribution in [0.1, 0.15) is 19.8 Å². The number of unbranched alkanes of at least 4 members (excludes halogenated alkanes) is 1. The summed E-state index contributed by atoms with van der Waals surface area (Å²) >= 11 is 0. The number of benzene rings is 2. The zero-order chi connectivity index (χ0) is 15.3. The Morgan fingerprint density at radius 3 is 2.48 bits per heavy atom. The van der Waals surface area contributed by atoms with E-state index in [1.54, 1.807) is 0 Å². The molecule has 5 heteroatoms. The first-order valence-electron chi connectivity index (χ1n) is 7.19. The summed E-state index contributed by atoms with van der Waals surface area (Å²) in [7, 11) is -3.37. The molecule has 2 aromatic carbocycles. The highest BCUT2D eigenvalue weighted by atomic mass is 32.2. The predicted molar refractivity (Wildman–Crippen MR) is 87.1 cm³/mol. The zero-order valence-corrected chi connectivity index (χ0v) is 13.0. The van der Waals surface area contributed by atoms with Gasteiger partial charge in [-0.25, -0.2) is 8.42 Å². The van der Waals surface area contributed by atoms with Crippen molar-refractivity contribution in [2.45, 2.75) is 19.8 Å². The Bertz CT molecular complexity index is 692. The zero-order valence-electron chi connectivity index (χ0n) is 12.2. The Labute approximate surface area is 126 Å². The van der Waals surface area contributed by atoms with Crippen molar-refractivity contribution in [1.82, 2.24) is 0 Å². The molecule has 21 heavy (non-hydrogen) atoms. The van der Waals surface area contributed by atoms with Crippen molar-refractivity contribution in [3.63, 3.8) is 0 Å². The van der Waals surface area contributed by atoms with Crippen LogP contribution in [0, 0.1) is 0 Å². The molecular formula is C16H21NO3S. The highest BCUT2D eigenvalue weighted by Gasteiger charge is 2.21.